The van der Waals surface area contributed by atoms with Crippen LogP contribution in [0.15, 0.2) is 67.0 Å². The van der Waals surface area contributed by atoms with E-state index in [-0.39, 0.29) is 18.1 Å². The average Bonchev–Trinajstić information content (AvgIpc) is 2.60. The van der Waals surface area contributed by atoms with Gasteiger partial charge >= 0.3 is 0 Å². The minimum absolute atomic E-state index is 0.213. The standard InChI is InChI=1S/C20H18N2O2/c21-20(24)9-7-16-11-14(17-4-2-10-22-13-17)6-8-19(16)15-3-1-5-18(23)12-15/h1-6,8,10-13,23H,7,9H2,(H2,21,24). The number of hydrogen-bond donors (Lipinski definition) is 2. The number of rotatable bonds is 5. The predicted molar refractivity (Wildman–Crippen MR) is 94.3 cm³/mol. The number of aryl methyl sites for hydroxylation is 1. The van der Waals surface area contributed by atoms with Crippen LogP contribution >= 0.6 is 0 Å². The number of amides is 1. The first-order valence-electron chi connectivity index (χ1n) is 7.74. The van der Waals surface area contributed by atoms with E-state index in [0.717, 1.165) is 27.8 Å². The van der Waals surface area contributed by atoms with Gasteiger partial charge in [-0.3, -0.25) is 9.78 Å². The molecule has 0 bridgehead atoms. The van der Waals surface area contributed by atoms with Crippen LogP contribution < -0.4 is 5.73 Å². The van der Waals surface area contributed by atoms with E-state index in [1.54, 1.807) is 30.6 Å². The van der Waals surface area contributed by atoms with Crippen molar-refractivity contribution in [3.05, 3.63) is 72.6 Å². The zero-order chi connectivity index (χ0) is 16.9. The van der Waals surface area contributed by atoms with E-state index < -0.39 is 0 Å². The molecule has 4 nitrogen and oxygen atoms in total. The fourth-order valence-corrected chi connectivity index (χ4v) is 2.73. The molecule has 0 radical (unpaired) electrons. The lowest BCUT2D eigenvalue weighted by Crippen LogP contribution is -2.11. The summed E-state index contributed by atoms with van der Waals surface area (Å²) in [6.45, 7) is 0. The Labute approximate surface area is 140 Å². The van der Waals surface area contributed by atoms with Crippen molar-refractivity contribution < 1.29 is 9.90 Å². The second-order valence-electron chi connectivity index (χ2n) is 5.63. The molecule has 0 saturated carbocycles. The number of nitrogens with zero attached hydrogens (tertiary/aromatic N) is 1. The Morgan fingerprint density at radius 1 is 1.00 bits per heavy atom. The Bertz CT molecular complexity index is 861. The van der Waals surface area contributed by atoms with Crippen LogP contribution in [-0.2, 0) is 11.2 Å². The number of primary amides is 1. The summed E-state index contributed by atoms with van der Waals surface area (Å²) >= 11 is 0. The van der Waals surface area contributed by atoms with Crippen LogP contribution in [0.4, 0.5) is 0 Å². The summed E-state index contributed by atoms with van der Waals surface area (Å²) in [7, 11) is 0. The van der Waals surface area contributed by atoms with Crippen molar-refractivity contribution in [2.45, 2.75) is 12.8 Å². The van der Waals surface area contributed by atoms with Crippen LogP contribution in [-0.4, -0.2) is 16.0 Å². The molecule has 0 saturated heterocycles. The van der Waals surface area contributed by atoms with Crippen LogP contribution in [0.3, 0.4) is 0 Å². The molecule has 0 unspecified atom stereocenters. The maximum absolute atomic E-state index is 11.2. The van der Waals surface area contributed by atoms with Crippen LogP contribution in [0.25, 0.3) is 22.3 Å². The van der Waals surface area contributed by atoms with Crippen LogP contribution in [0, 0.1) is 0 Å². The molecule has 120 valence electrons. The summed E-state index contributed by atoms with van der Waals surface area (Å²) in [5.74, 6) is -0.117. The van der Waals surface area contributed by atoms with Gasteiger partial charge in [-0.25, -0.2) is 0 Å². The highest BCUT2D eigenvalue weighted by molar-refractivity contribution is 5.77. The Morgan fingerprint density at radius 3 is 2.54 bits per heavy atom. The van der Waals surface area contributed by atoms with E-state index in [2.05, 4.69) is 11.1 Å². The summed E-state index contributed by atoms with van der Waals surface area (Å²) in [4.78, 5) is 15.4. The molecule has 1 aromatic heterocycles. The van der Waals surface area contributed by atoms with Crippen LogP contribution in [0.1, 0.15) is 12.0 Å². The summed E-state index contributed by atoms with van der Waals surface area (Å²) in [6, 6.07) is 17.1. The summed E-state index contributed by atoms with van der Waals surface area (Å²) in [6.07, 6.45) is 4.37. The molecular weight excluding hydrogens is 300 g/mol. The first-order chi connectivity index (χ1) is 11.6. The largest absolute Gasteiger partial charge is 0.508 e. The molecule has 3 N–H and O–H groups in total. The molecule has 1 amide bonds. The molecule has 24 heavy (non-hydrogen) atoms. The van der Waals surface area contributed by atoms with Gasteiger partial charge in [0.25, 0.3) is 0 Å². The fraction of sp³-hybridized carbons (Fsp3) is 0.100. The van der Waals surface area contributed by atoms with Crippen molar-refractivity contribution in [2.24, 2.45) is 5.73 Å². The molecule has 3 aromatic rings. The molecular formula is C20H18N2O2. The predicted octanol–water partition coefficient (Wildman–Crippen LogP) is 3.54. The Kier molecular flexibility index (Phi) is 4.57. The molecule has 3 rings (SSSR count). The van der Waals surface area contributed by atoms with Gasteiger partial charge in [0.2, 0.25) is 5.91 Å². The third kappa shape index (κ3) is 3.60. The third-order valence-corrected chi connectivity index (χ3v) is 3.90. The van der Waals surface area contributed by atoms with Gasteiger partial charge in [-0.15, -0.1) is 0 Å². The average molecular weight is 318 g/mol. The van der Waals surface area contributed by atoms with E-state index in [1.165, 1.54) is 0 Å². The summed E-state index contributed by atoms with van der Waals surface area (Å²) in [5, 5.41) is 9.73. The number of phenols is 1. The maximum Gasteiger partial charge on any atom is 0.217 e. The van der Waals surface area contributed by atoms with Crippen molar-refractivity contribution in [3.63, 3.8) is 0 Å². The lowest BCUT2D eigenvalue weighted by molar-refractivity contribution is -0.117. The van der Waals surface area contributed by atoms with Gasteiger partial charge in [0, 0.05) is 18.8 Å². The second-order valence-corrected chi connectivity index (χ2v) is 5.63. The number of phenolic OH excluding ortho intramolecular Hbond substituents is 1. The number of nitrogens with two attached hydrogens (primary N) is 1. The first kappa shape index (κ1) is 15.7. The molecule has 0 atom stereocenters. The quantitative estimate of drug-likeness (QED) is 0.755. The Morgan fingerprint density at radius 2 is 1.83 bits per heavy atom. The molecule has 1 heterocycles. The fourth-order valence-electron chi connectivity index (χ4n) is 2.73. The number of benzene rings is 2. The Hall–Kier alpha value is -3.14. The third-order valence-electron chi connectivity index (χ3n) is 3.90. The highest BCUT2D eigenvalue weighted by atomic mass is 16.3. The van der Waals surface area contributed by atoms with Crippen LogP contribution in [0.2, 0.25) is 0 Å². The molecule has 0 aliphatic rings. The summed E-state index contributed by atoms with van der Waals surface area (Å²) in [5.41, 5.74) is 10.3. The summed E-state index contributed by atoms with van der Waals surface area (Å²) < 4.78 is 0. The minimum atomic E-state index is -0.330. The molecule has 0 aliphatic carbocycles. The van der Waals surface area contributed by atoms with Crippen molar-refractivity contribution in [1.29, 1.82) is 0 Å². The topological polar surface area (TPSA) is 76.2 Å². The number of carbonyl (C=O) groups excluding carboxylic acids is 1. The normalized spacial score (nSPS) is 10.5. The van der Waals surface area contributed by atoms with E-state index >= 15 is 0 Å². The lowest BCUT2D eigenvalue weighted by Gasteiger charge is -2.12. The lowest BCUT2D eigenvalue weighted by atomic mass is 9.93. The van der Waals surface area contributed by atoms with E-state index in [1.807, 2.05) is 30.3 Å². The van der Waals surface area contributed by atoms with E-state index in [0.29, 0.717) is 6.42 Å². The molecule has 0 aliphatic heterocycles. The van der Waals surface area contributed by atoms with Gasteiger partial charge < -0.3 is 10.8 Å². The second kappa shape index (κ2) is 6.96. The van der Waals surface area contributed by atoms with E-state index in [9.17, 15) is 9.90 Å². The zero-order valence-corrected chi connectivity index (χ0v) is 13.1. The smallest absolute Gasteiger partial charge is 0.217 e. The molecule has 4 heteroatoms. The number of pyridine rings is 1. The van der Waals surface area contributed by atoms with E-state index in [4.69, 9.17) is 5.73 Å². The number of aromatic hydroxyl groups is 1. The van der Waals surface area contributed by atoms with Crippen LogP contribution in [0.5, 0.6) is 5.75 Å². The maximum atomic E-state index is 11.2. The van der Waals surface area contributed by atoms with Gasteiger partial charge in [0.15, 0.2) is 0 Å². The monoisotopic (exact) mass is 318 g/mol. The van der Waals surface area contributed by atoms with Crippen molar-refractivity contribution in [3.8, 4) is 28.0 Å². The molecule has 0 fully saturated rings. The van der Waals surface area contributed by atoms with Gasteiger partial charge in [0.1, 0.15) is 5.75 Å². The molecule has 2 aromatic carbocycles. The number of aromatic nitrogens is 1. The van der Waals surface area contributed by atoms with Gasteiger partial charge in [0.05, 0.1) is 0 Å². The molecule has 0 spiro atoms. The van der Waals surface area contributed by atoms with Crippen molar-refractivity contribution in [2.75, 3.05) is 0 Å². The first-order valence-corrected chi connectivity index (χ1v) is 7.74. The Balaban J connectivity index is 2.06. The number of hydrogen-bond acceptors (Lipinski definition) is 3. The zero-order valence-electron chi connectivity index (χ0n) is 13.1. The highest BCUT2D eigenvalue weighted by Gasteiger charge is 2.10. The SMILES string of the molecule is NC(=O)CCc1cc(-c2cccnc2)ccc1-c1cccc(O)c1. The van der Waals surface area contributed by atoms with Crippen molar-refractivity contribution in [1.82, 2.24) is 4.98 Å². The number of carbonyl (C=O) groups is 1. The van der Waals surface area contributed by atoms with Crippen molar-refractivity contribution >= 4 is 5.91 Å². The van der Waals surface area contributed by atoms with Gasteiger partial charge in [-0.1, -0.05) is 36.4 Å². The highest BCUT2D eigenvalue weighted by Crippen LogP contribution is 2.31. The van der Waals surface area contributed by atoms with Gasteiger partial charge in [-0.05, 0) is 52.4 Å². The van der Waals surface area contributed by atoms with Gasteiger partial charge in [-0.2, -0.15) is 0 Å². The minimum Gasteiger partial charge on any atom is -0.508 e.